The molecule has 0 bridgehead atoms. The van der Waals surface area contributed by atoms with Crippen LogP contribution < -0.4 is 15.9 Å². The lowest BCUT2D eigenvalue weighted by Crippen LogP contribution is -2.41. The molecule has 0 saturated heterocycles. The minimum atomic E-state index is -0.673. The second-order valence-electron chi connectivity index (χ2n) is 3.62. The predicted molar refractivity (Wildman–Crippen MR) is 61.8 cm³/mol. The molecule has 1 unspecified atom stereocenters. The van der Waals surface area contributed by atoms with Crippen molar-refractivity contribution in [3.8, 4) is 5.75 Å². The molecule has 1 amide bonds. The van der Waals surface area contributed by atoms with Crippen molar-refractivity contribution in [2.45, 2.75) is 6.04 Å². The van der Waals surface area contributed by atoms with Gasteiger partial charge in [0.05, 0.1) is 7.11 Å². The third kappa shape index (κ3) is 3.22. The monoisotopic (exact) mass is 223 g/mol. The number of benzene rings is 1. The number of hydrazine groups is 1. The number of amides is 1. The van der Waals surface area contributed by atoms with E-state index in [0.717, 1.165) is 11.3 Å². The van der Waals surface area contributed by atoms with Crippen LogP contribution in [0.1, 0.15) is 11.6 Å². The number of rotatable bonds is 4. The summed E-state index contributed by atoms with van der Waals surface area (Å²) in [6.45, 7) is 0. The maximum Gasteiger partial charge on any atom is 0.255 e. The van der Waals surface area contributed by atoms with Gasteiger partial charge in [0.15, 0.2) is 0 Å². The number of nitrogens with one attached hydrogen (secondary N) is 1. The summed E-state index contributed by atoms with van der Waals surface area (Å²) in [5.74, 6) is 0.499. The summed E-state index contributed by atoms with van der Waals surface area (Å²) in [7, 11) is 5.06. The van der Waals surface area contributed by atoms with Gasteiger partial charge in [-0.25, -0.2) is 5.01 Å². The highest BCUT2D eigenvalue weighted by atomic mass is 16.5. The molecule has 16 heavy (non-hydrogen) atoms. The van der Waals surface area contributed by atoms with E-state index in [2.05, 4.69) is 5.43 Å². The minimum absolute atomic E-state index is 0.241. The van der Waals surface area contributed by atoms with Gasteiger partial charge in [0.25, 0.3) is 5.91 Å². The normalized spacial score (nSPS) is 12.3. The summed E-state index contributed by atoms with van der Waals surface area (Å²) >= 11 is 0. The van der Waals surface area contributed by atoms with Crippen molar-refractivity contribution < 1.29 is 9.53 Å². The zero-order chi connectivity index (χ0) is 12.1. The molecule has 1 rings (SSSR count). The van der Waals surface area contributed by atoms with E-state index in [0.29, 0.717) is 0 Å². The zero-order valence-electron chi connectivity index (χ0n) is 9.73. The van der Waals surface area contributed by atoms with Crippen molar-refractivity contribution in [2.24, 2.45) is 5.73 Å². The Bertz CT molecular complexity index is 349. The molecule has 5 nitrogen and oxygen atoms in total. The molecule has 1 atom stereocenters. The quantitative estimate of drug-likeness (QED) is 0.720. The third-order valence-electron chi connectivity index (χ3n) is 2.09. The number of nitrogens with two attached hydrogens (primary N) is 1. The van der Waals surface area contributed by atoms with Crippen LogP contribution in [0, 0.1) is 0 Å². The Balaban J connectivity index is 2.72. The highest BCUT2D eigenvalue weighted by molar-refractivity contribution is 5.82. The molecule has 0 heterocycles. The molecular weight excluding hydrogens is 206 g/mol. The number of carbonyl (C=O) groups excluding carboxylic acids is 1. The van der Waals surface area contributed by atoms with Gasteiger partial charge in [-0.1, -0.05) is 12.1 Å². The highest BCUT2D eigenvalue weighted by Gasteiger charge is 2.15. The molecule has 0 spiro atoms. The molecule has 0 aromatic heterocycles. The van der Waals surface area contributed by atoms with Crippen LogP contribution in [0.2, 0.25) is 0 Å². The van der Waals surface area contributed by atoms with E-state index in [-0.39, 0.29) is 5.91 Å². The number of methoxy groups -OCH3 is 1. The molecule has 1 aromatic rings. The predicted octanol–water partition coefficient (Wildman–Crippen LogP) is 0.288. The molecule has 0 radical (unpaired) electrons. The highest BCUT2D eigenvalue weighted by Crippen LogP contribution is 2.16. The van der Waals surface area contributed by atoms with E-state index in [4.69, 9.17) is 10.5 Å². The number of hydrogen-bond acceptors (Lipinski definition) is 4. The van der Waals surface area contributed by atoms with Gasteiger partial charge in [0.2, 0.25) is 0 Å². The van der Waals surface area contributed by atoms with Gasteiger partial charge in [-0.2, -0.15) is 0 Å². The van der Waals surface area contributed by atoms with E-state index >= 15 is 0 Å². The van der Waals surface area contributed by atoms with Crippen LogP contribution in [0.4, 0.5) is 0 Å². The van der Waals surface area contributed by atoms with Gasteiger partial charge >= 0.3 is 0 Å². The molecule has 0 aliphatic rings. The Hall–Kier alpha value is -1.59. The van der Waals surface area contributed by atoms with Crippen molar-refractivity contribution in [1.82, 2.24) is 10.4 Å². The molecule has 3 N–H and O–H groups in total. The average Bonchev–Trinajstić information content (AvgIpc) is 2.27. The first-order valence-corrected chi connectivity index (χ1v) is 4.92. The van der Waals surface area contributed by atoms with Crippen LogP contribution in [0.3, 0.4) is 0 Å². The number of carbonyl (C=O) groups is 1. The fraction of sp³-hybridized carbons (Fsp3) is 0.364. The topological polar surface area (TPSA) is 67.6 Å². The van der Waals surface area contributed by atoms with E-state index < -0.39 is 6.04 Å². The van der Waals surface area contributed by atoms with Crippen LogP contribution in [0.5, 0.6) is 5.75 Å². The smallest absolute Gasteiger partial charge is 0.255 e. The fourth-order valence-electron chi connectivity index (χ4n) is 1.25. The van der Waals surface area contributed by atoms with Gasteiger partial charge in [0.1, 0.15) is 11.8 Å². The van der Waals surface area contributed by atoms with E-state index in [1.54, 1.807) is 50.5 Å². The Labute approximate surface area is 95.2 Å². The Morgan fingerprint density at radius 3 is 2.38 bits per heavy atom. The summed E-state index contributed by atoms with van der Waals surface area (Å²) in [6, 6.07) is 6.43. The first-order chi connectivity index (χ1) is 7.54. The number of hydrogen-bond donors (Lipinski definition) is 2. The third-order valence-corrected chi connectivity index (χ3v) is 2.09. The van der Waals surface area contributed by atoms with Gasteiger partial charge < -0.3 is 10.5 Å². The van der Waals surface area contributed by atoms with Gasteiger partial charge in [-0.3, -0.25) is 10.2 Å². The van der Waals surface area contributed by atoms with Crippen molar-refractivity contribution >= 4 is 5.91 Å². The van der Waals surface area contributed by atoms with Gasteiger partial charge in [0, 0.05) is 14.1 Å². The average molecular weight is 223 g/mol. The summed E-state index contributed by atoms with van der Waals surface area (Å²) in [5, 5.41) is 1.56. The lowest BCUT2D eigenvalue weighted by atomic mass is 10.1. The number of ether oxygens (including phenoxy) is 1. The second kappa shape index (κ2) is 5.48. The van der Waals surface area contributed by atoms with E-state index in [1.165, 1.54) is 0 Å². The Morgan fingerprint density at radius 1 is 1.38 bits per heavy atom. The summed E-state index contributed by atoms with van der Waals surface area (Å²) < 4.78 is 5.02. The first-order valence-electron chi connectivity index (χ1n) is 4.92. The minimum Gasteiger partial charge on any atom is -0.497 e. The van der Waals surface area contributed by atoms with Crippen molar-refractivity contribution in [3.05, 3.63) is 29.8 Å². The molecule has 0 aliphatic carbocycles. The molecule has 5 heteroatoms. The Kier molecular flexibility index (Phi) is 4.28. The van der Waals surface area contributed by atoms with Gasteiger partial charge in [-0.15, -0.1) is 0 Å². The fourth-order valence-corrected chi connectivity index (χ4v) is 1.25. The maximum absolute atomic E-state index is 11.6. The van der Waals surface area contributed by atoms with Crippen molar-refractivity contribution in [1.29, 1.82) is 0 Å². The second-order valence-corrected chi connectivity index (χ2v) is 3.62. The van der Waals surface area contributed by atoms with Crippen LogP contribution in [-0.2, 0) is 4.79 Å². The van der Waals surface area contributed by atoms with E-state index in [1.807, 2.05) is 0 Å². The molecule has 0 saturated carbocycles. The van der Waals surface area contributed by atoms with Crippen LogP contribution in [-0.4, -0.2) is 32.1 Å². The standard InChI is InChI=1S/C11H17N3O2/c1-14(2)13-11(15)10(12)8-4-6-9(16-3)7-5-8/h4-7,10H,12H2,1-3H3,(H,13,15). The molecule has 0 fully saturated rings. The zero-order valence-corrected chi connectivity index (χ0v) is 9.73. The SMILES string of the molecule is COc1ccc(C(N)C(=O)NN(C)C)cc1. The van der Waals surface area contributed by atoms with Gasteiger partial charge in [-0.05, 0) is 17.7 Å². The molecule has 0 aliphatic heterocycles. The van der Waals surface area contributed by atoms with Crippen LogP contribution >= 0.6 is 0 Å². The molecule has 88 valence electrons. The molecular formula is C11H17N3O2. The lowest BCUT2D eigenvalue weighted by molar-refractivity contribution is -0.126. The van der Waals surface area contributed by atoms with Crippen molar-refractivity contribution in [2.75, 3.05) is 21.2 Å². The molecule has 1 aromatic carbocycles. The first kappa shape index (κ1) is 12.5. The lowest BCUT2D eigenvalue weighted by Gasteiger charge is -2.16. The van der Waals surface area contributed by atoms with Crippen LogP contribution in [0.25, 0.3) is 0 Å². The summed E-state index contributed by atoms with van der Waals surface area (Å²) in [6.07, 6.45) is 0. The van der Waals surface area contributed by atoms with Crippen LogP contribution in [0.15, 0.2) is 24.3 Å². The van der Waals surface area contributed by atoms with E-state index in [9.17, 15) is 4.79 Å². The summed E-state index contributed by atoms with van der Waals surface area (Å²) in [5.41, 5.74) is 9.16. The Morgan fingerprint density at radius 2 is 1.94 bits per heavy atom. The number of nitrogens with zero attached hydrogens (tertiary/aromatic N) is 1. The summed E-state index contributed by atoms with van der Waals surface area (Å²) in [4.78, 5) is 11.6. The largest absolute Gasteiger partial charge is 0.497 e. The van der Waals surface area contributed by atoms with Crippen molar-refractivity contribution in [3.63, 3.8) is 0 Å². The maximum atomic E-state index is 11.6.